The summed E-state index contributed by atoms with van der Waals surface area (Å²) in [5.74, 6) is 1.13. The third-order valence-electron chi connectivity index (χ3n) is 3.64. The molecule has 0 atom stereocenters. The Labute approximate surface area is 115 Å². The lowest BCUT2D eigenvalue weighted by Gasteiger charge is -2.27. The summed E-state index contributed by atoms with van der Waals surface area (Å²) in [7, 11) is 1.71. The monoisotopic (exact) mass is 261 g/mol. The van der Waals surface area contributed by atoms with Crippen LogP contribution in [0.5, 0.6) is 5.75 Å². The zero-order valence-electron chi connectivity index (χ0n) is 11.9. The normalized spacial score (nSPS) is 16.3. The Morgan fingerprint density at radius 1 is 1.26 bits per heavy atom. The Kier molecular flexibility index (Phi) is 4.97. The highest BCUT2D eigenvalue weighted by atomic mass is 16.5. The molecule has 1 aliphatic heterocycles. The van der Waals surface area contributed by atoms with Crippen LogP contribution in [0, 0.1) is 0 Å². The summed E-state index contributed by atoms with van der Waals surface area (Å²) in [5, 5.41) is 0. The first-order valence-corrected chi connectivity index (χ1v) is 7.06. The molecule has 0 aromatic heterocycles. The molecular formula is C16H23NO2. The summed E-state index contributed by atoms with van der Waals surface area (Å²) < 4.78 is 5.44. The molecule has 0 unspecified atom stereocenters. The molecule has 0 spiro atoms. The first-order valence-electron chi connectivity index (χ1n) is 7.06. The van der Waals surface area contributed by atoms with Gasteiger partial charge in [-0.1, -0.05) is 18.6 Å². The lowest BCUT2D eigenvalue weighted by atomic mass is 10.0. The number of carbonyl (C=O) groups is 1. The van der Waals surface area contributed by atoms with E-state index >= 15 is 0 Å². The van der Waals surface area contributed by atoms with Gasteiger partial charge in [-0.05, 0) is 44.5 Å². The molecule has 3 heteroatoms. The molecule has 1 saturated heterocycles. The van der Waals surface area contributed by atoms with Gasteiger partial charge in [-0.25, -0.2) is 0 Å². The minimum Gasteiger partial charge on any atom is -0.496 e. The topological polar surface area (TPSA) is 29.5 Å². The zero-order chi connectivity index (χ0) is 13.7. The average Bonchev–Trinajstić information content (AvgIpc) is 2.39. The minimum absolute atomic E-state index is 0.203. The molecule has 1 aromatic rings. The molecule has 104 valence electrons. The van der Waals surface area contributed by atoms with Gasteiger partial charge in [-0.2, -0.15) is 0 Å². The maximum atomic E-state index is 11.2. The summed E-state index contributed by atoms with van der Waals surface area (Å²) in [4.78, 5) is 13.7. The molecule has 0 radical (unpaired) electrons. The van der Waals surface area contributed by atoms with Crippen molar-refractivity contribution < 1.29 is 9.53 Å². The van der Waals surface area contributed by atoms with Gasteiger partial charge in [0.05, 0.1) is 7.11 Å². The molecule has 1 aromatic carbocycles. The molecule has 19 heavy (non-hydrogen) atoms. The Morgan fingerprint density at radius 2 is 2.00 bits per heavy atom. The fourth-order valence-corrected chi connectivity index (χ4v) is 2.71. The van der Waals surface area contributed by atoms with Gasteiger partial charge in [0.25, 0.3) is 0 Å². The van der Waals surface area contributed by atoms with E-state index in [0.29, 0.717) is 6.42 Å². The van der Waals surface area contributed by atoms with Crippen molar-refractivity contribution in [3.63, 3.8) is 0 Å². The second kappa shape index (κ2) is 6.71. The van der Waals surface area contributed by atoms with Gasteiger partial charge < -0.3 is 4.74 Å². The molecule has 0 saturated carbocycles. The Morgan fingerprint density at radius 3 is 2.63 bits per heavy atom. The molecule has 2 rings (SSSR count). The van der Waals surface area contributed by atoms with Gasteiger partial charge in [0.1, 0.15) is 11.5 Å². The maximum absolute atomic E-state index is 11.2. The first-order chi connectivity index (χ1) is 9.19. The van der Waals surface area contributed by atoms with E-state index < -0.39 is 0 Å². The second-order valence-electron chi connectivity index (χ2n) is 5.36. The number of carbonyl (C=O) groups excluding carboxylic acids is 1. The van der Waals surface area contributed by atoms with Crippen molar-refractivity contribution in [1.82, 2.24) is 4.90 Å². The van der Waals surface area contributed by atoms with E-state index in [9.17, 15) is 4.79 Å². The van der Waals surface area contributed by atoms with E-state index in [1.165, 1.54) is 37.9 Å². The highest BCUT2D eigenvalue weighted by Gasteiger charge is 2.13. The van der Waals surface area contributed by atoms with E-state index in [1.807, 2.05) is 12.1 Å². The van der Waals surface area contributed by atoms with Crippen molar-refractivity contribution in [2.45, 2.75) is 39.2 Å². The Balaban J connectivity index is 2.12. The molecule has 1 fully saturated rings. The van der Waals surface area contributed by atoms with Crippen LogP contribution in [-0.2, 0) is 17.8 Å². The third kappa shape index (κ3) is 4.06. The van der Waals surface area contributed by atoms with Crippen LogP contribution in [0.2, 0.25) is 0 Å². The van der Waals surface area contributed by atoms with Crippen LogP contribution >= 0.6 is 0 Å². The smallest absolute Gasteiger partial charge is 0.134 e. The number of ketones is 1. The first kappa shape index (κ1) is 14.1. The van der Waals surface area contributed by atoms with E-state index in [1.54, 1.807) is 14.0 Å². The second-order valence-corrected chi connectivity index (χ2v) is 5.36. The molecule has 0 N–H and O–H groups in total. The minimum atomic E-state index is 0.203. The van der Waals surface area contributed by atoms with E-state index in [4.69, 9.17) is 4.74 Å². The Bertz CT molecular complexity index is 436. The van der Waals surface area contributed by atoms with E-state index in [0.717, 1.165) is 17.9 Å². The lowest BCUT2D eigenvalue weighted by molar-refractivity contribution is -0.116. The van der Waals surface area contributed by atoms with Crippen molar-refractivity contribution in [3.05, 3.63) is 29.3 Å². The summed E-state index contributed by atoms with van der Waals surface area (Å²) in [6.07, 6.45) is 4.43. The molecule has 0 bridgehead atoms. The van der Waals surface area contributed by atoms with Crippen molar-refractivity contribution in [2.24, 2.45) is 0 Å². The molecule has 0 amide bonds. The van der Waals surface area contributed by atoms with Gasteiger partial charge in [0.2, 0.25) is 0 Å². The highest BCUT2D eigenvalue weighted by molar-refractivity contribution is 5.78. The van der Waals surface area contributed by atoms with Gasteiger partial charge in [-0.15, -0.1) is 0 Å². The molecule has 1 aliphatic rings. The number of benzene rings is 1. The van der Waals surface area contributed by atoms with Gasteiger partial charge in [0, 0.05) is 18.5 Å². The van der Waals surface area contributed by atoms with Gasteiger partial charge in [0.15, 0.2) is 0 Å². The van der Waals surface area contributed by atoms with E-state index in [2.05, 4.69) is 11.0 Å². The molecule has 1 heterocycles. The Hall–Kier alpha value is -1.35. The number of nitrogens with zero attached hydrogens (tertiary/aromatic N) is 1. The van der Waals surface area contributed by atoms with E-state index in [-0.39, 0.29) is 5.78 Å². The molecular weight excluding hydrogens is 238 g/mol. The van der Waals surface area contributed by atoms with Gasteiger partial charge in [-0.3, -0.25) is 9.69 Å². The van der Waals surface area contributed by atoms with Crippen molar-refractivity contribution >= 4 is 5.78 Å². The number of likely N-dealkylation sites (tertiary alicyclic amines) is 1. The van der Waals surface area contributed by atoms with Crippen molar-refractivity contribution in [3.8, 4) is 5.75 Å². The SMILES string of the molecule is COc1ccc(CC(C)=O)cc1CN1CCCCC1. The van der Waals surface area contributed by atoms with Crippen molar-refractivity contribution in [2.75, 3.05) is 20.2 Å². The number of methoxy groups -OCH3 is 1. The van der Waals surface area contributed by atoms with Crippen LogP contribution < -0.4 is 4.74 Å². The van der Waals surface area contributed by atoms with Crippen molar-refractivity contribution in [1.29, 1.82) is 0 Å². The van der Waals surface area contributed by atoms with Crippen LogP contribution in [0.4, 0.5) is 0 Å². The predicted molar refractivity (Wildman–Crippen MR) is 76.5 cm³/mol. The van der Waals surface area contributed by atoms with Gasteiger partial charge >= 0.3 is 0 Å². The fraction of sp³-hybridized carbons (Fsp3) is 0.562. The number of rotatable bonds is 5. The summed E-state index contributed by atoms with van der Waals surface area (Å²) in [6.45, 7) is 4.89. The summed E-state index contributed by atoms with van der Waals surface area (Å²) in [6, 6.07) is 6.09. The standard InChI is InChI=1S/C16H23NO2/c1-13(18)10-14-6-7-16(19-2)15(11-14)12-17-8-4-3-5-9-17/h6-7,11H,3-5,8-10,12H2,1-2H3. The predicted octanol–water partition coefficient (Wildman–Crippen LogP) is 2.81. The highest BCUT2D eigenvalue weighted by Crippen LogP contribution is 2.23. The zero-order valence-corrected chi connectivity index (χ0v) is 11.9. The average molecular weight is 261 g/mol. The number of Topliss-reactive ketones (excluding diaryl/α,β-unsaturated/α-hetero) is 1. The molecule has 0 aliphatic carbocycles. The van der Waals surface area contributed by atoms with Crippen LogP contribution in [0.15, 0.2) is 18.2 Å². The van der Waals surface area contributed by atoms with Crippen LogP contribution in [0.25, 0.3) is 0 Å². The van der Waals surface area contributed by atoms with Crippen LogP contribution in [0.1, 0.15) is 37.3 Å². The number of hydrogen-bond acceptors (Lipinski definition) is 3. The fourth-order valence-electron chi connectivity index (χ4n) is 2.71. The summed E-state index contributed by atoms with van der Waals surface area (Å²) in [5.41, 5.74) is 2.28. The number of piperidine rings is 1. The van der Waals surface area contributed by atoms with Crippen LogP contribution in [0.3, 0.4) is 0 Å². The largest absolute Gasteiger partial charge is 0.496 e. The summed E-state index contributed by atoms with van der Waals surface area (Å²) >= 11 is 0. The maximum Gasteiger partial charge on any atom is 0.134 e. The van der Waals surface area contributed by atoms with Crippen LogP contribution in [-0.4, -0.2) is 30.9 Å². The molecule has 3 nitrogen and oxygen atoms in total. The third-order valence-corrected chi connectivity index (χ3v) is 3.64. The number of hydrogen-bond donors (Lipinski definition) is 0. The number of ether oxygens (including phenoxy) is 1. The lowest BCUT2D eigenvalue weighted by Crippen LogP contribution is -2.29. The quantitative estimate of drug-likeness (QED) is 0.816.